The first-order valence-corrected chi connectivity index (χ1v) is 10.8. The molecule has 4 atom stereocenters. The highest BCUT2D eigenvalue weighted by molar-refractivity contribution is 6.23. The summed E-state index contributed by atoms with van der Waals surface area (Å²) in [6, 6.07) is 3.24. The molecule has 2 amide bonds. The zero-order valence-corrected chi connectivity index (χ0v) is 18.4. The molecule has 170 valence electrons. The largest absolute Gasteiger partial charge is 0.502 e. The number of carbonyl (C=O) groups is 4. The minimum absolute atomic E-state index is 0.165. The molecule has 1 fully saturated rings. The van der Waals surface area contributed by atoms with Crippen LogP contribution in [0.4, 0.5) is 0 Å². The van der Waals surface area contributed by atoms with Gasteiger partial charge in [0.1, 0.15) is 0 Å². The molecule has 5 rings (SSSR count). The Bertz CT molecular complexity index is 1210. The first-order valence-electron chi connectivity index (χ1n) is 10.8. The third-order valence-corrected chi connectivity index (χ3v) is 7.24. The van der Waals surface area contributed by atoms with Gasteiger partial charge in [-0.05, 0) is 49.5 Å². The van der Waals surface area contributed by atoms with E-state index in [1.54, 1.807) is 19.1 Å². The number of methoxy groups -OCH3 is 2. The SMILES string of the molecule is COc1cc(C2C3=CCC4C(=O)NC(=O)C4C3CC3=C2C(=O)C(C)=CC3=O)cc(OC)c1O. The van der Waals surface area contributed by atoms with Gasteiger partial charge in [-0.25, -0.2) is 0 Å². The van der Waals surface area contributed by atoms with Crippen LogP contribution in [0.25, 0.3) is 0 Å². The number of phenols is 1. The van der Waals surface area contributed by atoms with E-state index in [0.717, 1.165) is 5.57 Å². The van der Waals surface area contributed by atoms with Crippen LogP contribution in [0.3, 0.4) is 0 Å². The van der Waals surface area contributed by atoms with Crippen LogP contribution in [0.5, 0.6) is 17.2 Å². The number of carbonyl (C=O) groups excluding carboxylic acids is 4. The number of nitrogens with one attached hydrogen (secondary N) is 1. The molecular weight excluding hydrogens is 426 g/mol. The summed E-state index contributed by atoms with van der Waals surface area (Å²) in [6.45, 7) is 1.61. The molecule has 3 aliphatic carbocycles. The number of benzene rings is 1. The van der Waals surface area contributed by atoms with Gasteiger partial charge in [-0.3, -0.25) is 24.5 Å². The maximum Gasteiger partial charge on any atom is 0.231 e. The normalized spacial score (nSPS) is 28.5. The standard InChI is InChI=1S/C25H23NO7/c1-10-6-16(27)15-9-14-12(4-5-13-20(14)25(31)26-24(13)30)19(21(15)22(10)28)11-7-17(32-2)23(29)18(8-11)33-3/h4,6-8,13-14,19-20,29H,5,9H2,1-3H3,(H,26,30,31). The Balaban J connectivity index is 1.75. The summed E-state index contributed by atoms with van der Waals surface area (Å²) in [5.74, 6) is -3.07. The van der Waals surface area contributed by atoms with Gasteiger partial charge in [-0.2, -0.15) is 0 Å². The van der Waals surface area contributed by atoms with Crippen molar-refractivity contribution >= 4 is 23.4 Å². The molecule has 0 bridgehead atoms. The van der Waals surface area contributed by atoms with Crippen molar-refractivity contribution in [1.29, 1.82) is 0 Å². The molecule has 1 saturated heterocycles. The van der Waals surface area contributed by atoms with Crippen molar-refractivity contribution in [3.05, 3.63) is 52.1 Å². The van der Waals surface area contributed by atoms with E-state index in [1.165, 1.54) is 20.3 Å². The lowest BCUT2D eigenvalue weighted by Crippen LogP contribution is -2.39. The Hall–Kier alpha value is -3.68. The molecule has 0 radical (unpaired) electrons. The van der Waals surface area contributed by atoms with E-state index in [1.807, 2.05) is 6.08 Å². The van der Waals surface area contributed by atoms with Crippen molar-refractivity contribution in [2.45, 2.75) is 25.7 Å². The number of aromatic hydroxyl groups is 1. The minimum atomic E-state index is -0.633. The van der Waals surface area contributed by atoms with E-state index in [2.05, 4.69) is 5.32 Å². The average molecular weight is 449 g/mol. The first kappa shape index (κ1) is 21.2. The number of rotatable bonds is 3. The molecule has 4 unspecified atom stereocenters. The smallest absolute Gasteiger partial charge is 0.231 e. The van der Waals surface area contributed by atoms with E-state index < -0.39 is 23.7 Å². The lowest BCUT2D eigenvalue weighted by atomic mass is 9.59. The quantitative estimate of drug-likeness (QED) is 0.412. The molecular formula is C25H23NO7. The van der Waals surface area contributed by atoms with E-state index in [4.69, 9.17) is 9.47 Å². The molecule has 0 saturated carbocycles. The van der Waals surface area contributed by atoms with Crippen molar-refractivity contribution in [1.82, 2.24) is 5.32 Å². The van der Waals surface area contributed by atoms with Crippen molar-refractivity contribution in [3.63, 3.8) is 0 Å². The number of imide groups is 1. The predicted octanol–water partition coefficient (Wildman–Crippen LogP) is 2.13. The third kappa shape index (κ3) is 2.97. The molecule has 1 aliphatic heterocycles. The lowest BCUT2D eigenvalue weighted by Gasteiger charge is -2.42. The lowest BCUT2D eigenvalue weighted by molar-refractivity contribution is -0.126. The summed E-state index contributed by atoms with van der Waals surface area (Å²) in [6.07, 6.45) is 3.86. The number of Topliss-reactive ketones (excluding diaryl/α,β-unsaturated/α-hetero) is 1. The van der Waals surface area contributed by atoms with Gasteiger partial charge in [-0.15, -0.1) is 0 Å². The highest BCUT2D eigenvalue weighted by atomic mass is 16.5. The van der Waals surface area contributed by atoms with Crippen LogP contribution in [0.1, 0.15) is 31.2 Å². The monoisotopic (exact) mass is 449 g/mol. The molecule has 0 spiro atoms. The van der Waals surface area contributed by atoms with Crippen LogP contribution in [0.2, 0.25) is 0 Å². The van der Waals surface area contributed by atoms with Crippen LogP contribution >= 0.6 is 0 Å². The second kappa shape index (κ2) is 7.43. The van der Waals surface area contributed by atoms with Gasteiger partial charge in [-0.1, -0.05) is 11.6 Å². The van der Waals surface area contributed by atoms with Crippen LogP contribution < -0.4 is 14.8 Å². The summed E-state index contributed by atoms with van der Waals surface area (Å²) in [5, 5.41) is 12.8. The fourth-order valence-corrected chi connectivity index (χ4v) is 5.73. The maximum atomic E-state index is 13.3. The predicted molar refractivity (Wildman–Crippen MR) is 116 cm³/mol. The Morgan fingerprint density at radius 3 is 2.30 bits per heavy atom. The summed E-state index contributed by atoms with van der Waals surface area (Å²) < 4.78 is 10.6. The molecule has 1 aromatic carbocycles. The summed E-state index contributed by atoms with van der Waals surface area (Å²) in [5.41, 5.74) is 2.52. The van der Waals surface area contributed by atoms with E-state index in [9.17, 15) is 24.3 Å². The molecule has 1 heterocycles. The Morgan fingerprint density at radius 2 is 1.67 bits per heavy atom. The van der Waals surface area contributed by atoms with E-state index in [0.29, 0.717) is 28.7 Å². The molecule has 33 heavy (non-hydrogen) atoms. The summed E-state index contributed by atoms with van der Waals surface area (Å²) in [7, 11) is 2.82. The zero-order valence-electron chi connectivity index (χ0n) is 18.4. The number of fused-ring (bicyclic) bond motifs is 3. The number of hydrogen-bond acceptors (Lipinski definition) is 7. The van der Waals surface area contributed by atoms with Crippen molar-refractivity contribution < 1.29 is 33.8 Å². The van der Waals surface area contributed by atoms with Crippen molar-refractivity contribution in [2.75, 3.05) is 14.2 Å². The Morgan fingerprint density at radius 1 is 1.00 bits per heavy atom. The van der Waals surface area contributed by atoms with Gasteiger partial charge < -0.3 is 14.6 Å². The topological polar surface area (TPSA) is 119 Å². The molecule has 0 aromatic heterocycles. The zero-order chi connectivity index (χ0) is 23.6. The molecule has 4 aliphatic rings. The molecule has 8 heteroatoms. The maximum absolute atomic E-state index is 13.3. The third-order valence-electron chi connectivity index (χ3n) is 7.24. The van der Waals surface area contributed by atoms with Gasteiger partial charge in [0.25, 0.3) is 0 Å². The Labute approximate surface area is 189 Å². The number of ether oxygens (including phenoxy) is 2. The number of hydrogen-bond donors (Lipinski definition) is 2. The number of ketones is 2. The second-order valence-corrected chi connectivity index (χ2v) is 8.86. The highest BCUT2D eigenvalue weighted by Crippen LogP contribution is 2.55. The number of phenolic OH excluding ortho intramolecular Hbond substituents is 1. The first-order chi connectivity index (χ1) is 15.8. The molecule has 1 aromatic rings. The van der Waals surface area contributed by atoms with Crippen LogP contribution in [-0.2, 0) is 19.2 Å². The molecule has 8 nitrogen and oxygen atoms in total. The van der Waals surface area contributed by atoms with Gasteiger partial charge in [0.05, 0.1) is 26.1 Å². The highest BCUT2D eigenvalue weighted by Gasteiger charge is 2.53. The van der Waals surface area contributed by atoms with Gasteiger partial charge in [0.2, 0.25) is 17.6 Å². The molecule has 2 N–H and O–H groups in total. The van der Waals surface area contributed by atoms with Crippen molar-refractivity contribution in [3.8, 4) is 17.2 Å². The van der Waals surface area contributed by atoms with Gasteiger partial charge >= 0.3 is 0 Å². The van der Waals surface area contributed by atoms with E-state index in [-0.39, 0.29) is 47.1 Å². The Kier molecular flexibility index (Phi) is 4.77. The fraction of sp³-hybridized carbons (Fsp3) is 0.360. The number of amides is 2. The summed E-state index contributed by atoms with van der Waals surface area (Å²) in [4.78, 5) is 51.4. The minimum Gasteiger partial charge on any atom is -0.502 e. The van der Waals surface area contributed by atoms with Crippen LogP contribution in [0.15, 0.2) is 46.6 Å². The second-order valence-electron chi connectivity index (χ2n) is 8.86. The van der Waals surface area contributed by atoms with Crippen LogP contribution in [-0.4, -0.2) is 42.7 Å². The van der Waals surface area contributed by atoms with Crippen molar-refractivity contribution in [2.24, 2.45) is 17.8 Å². The average Bonchev–Trinajstić information content (AvgIpc) is 3.10. The van der Waals surface area contributed by atoms with Crippen LogP contribution in [0, 0.1) is 17.8 Å². The van der Waals surface area contributed by atoms with E-state index >= 15 is 0 Å². The number of allylic oxidation sites excluding steroid dienone is 6. The van der Waals surface area contributed by atoms with Gasteiger partial charge in [0, 0.05) is 22.6 Å². The van der Waals surface area contributed by atoms with Gasteiger partial charge in [0.15, 0.2) is 23.1 Å². The summed E-state index contributed by atoms with van der Waals surface area (Å²) >= 11 is 0. The fourth-order valence-electron chi connectivity index (χ4n) is 5.73.